The van der Waals surface area contributed by atoms with E-state index >= 15 is 0 Å². The number of nitrogens with zero attached hydrogens (tertiary/aromatic N) is 1. The normalized spacial score (nSPS) is 17.6. The van der Waals surface area contributed by atoms with Gasteiger partial charge in [-0.1, -0.05) is 24.3 Å². The van der Waals surface area contributed by atoms with E-state index in [1.54, 1.807) is 42.5 Å². The second-order valence-corrected chi connectivity index (χ2v) is 9.74. The maximum atomic E-state index is 13.3. The summed E-state index contributed by atoms with van der Waals surface area (Å²) in [5.41, 5.74) is 1.94. The molecule has 1 amide bonds. The molecule has 8 heteroatoms. The molecule has 0 unspecified atom stereocenters. The predicted octanol–water partition coefficient (Wildman–Crippen LogP) is 4.24. The van der Waals surface area contributed by atoms with Crippen LogP contribution in [0.4, 0.5) is 5.69 Å². The number of ether oxygens (including phenoxy) is 2. The fraction of sp³-hybridized carbons (Fsp3) is 0.240. The Labute approximate surface area is 193 Å². The number of anilines is 1. The molecule has 170 valence electrons. The number of likely N-dealkylation sites (tertiary alicyclic amines) is 1. The highest BCUT2D eigenvalue weighted by molar-refractivity contribution is 7.92. The smallest absolute Gasteiger partial charge is 0.261 e. The fourth-order valence-corrected chi connectivity index (χ4v) is 5.36. The second-order valence-electron chi connectivity index (χ2n) is 8.06. The minimum absolute atomic E-state index is 0.0374. The first-order chi connectivity index (χ1) is 16.0. The third-order valence-corrected chi connectivity index (χ3v) is 7.30. The third kappa shape index (κ3) is 4.39. The van der Waals surface area contributed by atoms with Gasteiger partial charge in [-0.3, -0.25) is 9.52 Å². The zero-order valence-corrected chi connectivity index (χ0v) is 18.8. The number of carbonyl (C=O) groups is 1. The van der Waals surface area contributed by atoms with Gasteiger partial charge in [0.25, 0.3) is 15.9 Å². The van der Waals surface area contributed by atoms with Crippen molar-refractivity contribution in [1.29, 1.82) is 0 Å². The van der Waals surface area contributed by atoms with Gasteiger partial charge >= 0.3 is 0 Å². The van der Waals surface area contributed by atoms with Crippen molar-refractivity contribution < 1.29 is 22.7 Å². The van der Waals surface area contributed by atoms with Crippen LogP contribution in [0.25, 0.3) is 0 Å². The molecule has 0 saturated carbocycles. The monoisotopic (exact) mass is 464 g/mol. The number of amides is 1. The van der Waals surface area contributed by atoms with Gasteiger partial charge in [0.05, 0.1) is 10.9 Å². The largest absolute Gasteiger partial charge is 0.486 e. The highest BCUT2D eigenvalue weighted by Crippen LogP contribution is 2.38. The van der Waals surface area contributed by atoms with Gasteiger partial charge in [-0.15, -0.1) is 0 Å². The third-order valence-electron chi connectivity index (χ3n) is 5.90. The van der Waals surface area contributed by atoms with Gasteiger partial charge in [0.2, 0.25) is 0 Å². The van der Waals surface area contributed by atoms with Gasteiger partial charge in [-0.25, -0.2) is 8.42 Å². The van der Waals surface area contributed by atoms with Crippen LogP contribution in [0, 0.1) is 0 Å². The molecule has 2 heterocycles. The Balaban J connectivity index is 1.32. The van der Waals surface area contributed by atoms with Crippen LogP contribution in [-0.2, 0) is 10.0 Å². The molecule has 3 aromatic carbocycles. The topological polar surface area (TPSA) is 84.9 Å². The molecule has 0 aromatic heterocycles. The molecule has 2 aliphatic heterocycles. The standard InChI is InChI=1S/C25H24N2O5S/c28-25(18-8-11-20(12-9-18)26-33(29,30)21-5-2-1-3-6-21)27-14-4-7-22(27)19-10-13-23-24(17-19)32-16-15-31-23/h1-3,5-6,8-13,17,22,26H,4,7,14-16H2/t22-/m1/s1. The Morgan fingerprint density at radius 2 is 1.64 bits per heavy atom. The lowest BCUT2D eigenvalue weighted by Gasteiger charge is -2.27. The van der Waals surface area contributed by atoms with Crippen molar-refractivity contribution in [3.05, 3.63) is 83.9 Å². The molecule has 7 nitrogen and oxygen atoms in total. The number of benzene rings is 3. The summed E-state index contributed by atoms with van der Waals surface area (Å²) >= 11 is 0. The Hall–Kier alpha value is -3.52. The summed E-state index contributed by atoms with van der Waals surface area (Å²) in [6.45, 7) is 1.72. The van der Waals surface area contributed by atoms with Crippen LogP contribution < -0.4 is 14.2 Å². The molecule has 1 atom stereocenters. The highest BCUT2D eigenvalue weighted by atomic mass is 32.2. The van der Waals surface area contributed by atoms with Gasteiger partial charge < -0.3 is 14.4 Å². The van der Waals surface area contributed by atoms with Crippen molar-refractivity contribution >= 4 is 21.6 Å². The number of hydrogen-bond acceptors (Lipinski definition) is 5. The minimum atomic E-state index is -3.68. The molecule has 0 bridgehead atoms. The van der Waals surface area contributed by atoms with Crippen molar-refractivity contribution in [1.82, 2.24) is 4.90 Å². The fourth-order valence-electron chi connectivity index (χ4n) is 4.28. The second kappa shape index (κ2) is 8.78. The lowest BCUT2D eigenvalue weighted by Crippen LogP contribution is -2.30. The Kier molecular flexibility index (Phi) is 5.68. The number of nitrogens with one attached hydrogen (secondary N) is 1. The lowest BCUT2D eigenvalue weighted by molar-refractivity contribution is 0.0735. The first kappa shape index (κ1) is 21.3. The molecule has 2 aliphatic rings. The summed E-state index contributed by atoms with van der Waals surface area (Å²) in [4.78, 5) is 15.3. The van der Waals surface area contributed by atoms with Crippen LogP contribution >= 0.6 is 0 Å². The van der Waals surface area contributed by atoms with E-state index in [0.29, 0.717) is 36.8 Å². The zero-order chi connectivity index (χ0) is 22.8. The van der Waals surface area contributed by atoms with Crippen LogP contribution in [0.1, 0.15) is 34.8 Å². The summed E-state index contributed by atoms with van der Waals surface area (Å²) < 4.78 is 38.9. The lowest BCUT2D eigenvalue weighted by atomic mass is 10.0. The first-order valence-electron chi connectivity index (χ1n) is 10.9. The number of sulfonamides is 1. The van der Waals surface area contributed by atoms with Crippen molar-refractivity contribution in [3.8, 4) is 11.5 Å². The van der Waals surface area contributed by atoms with Crippen molar-refractivity contribution in [2.45, 2.75) is 23.8 Å². The van der Waals surface area contributed by atoms with E-state index in [0.717, 1.165) is 24.2 Å². The average Bonchev–Trinajstić information content (AvgIpc) is 3.34. The average molecular weight is 465 g/mol. The molecule has 1 N–H and O–H groups in total. The van der Waals surface area contributed by atoms with Crippen molar-refractivity contribution in [2.75, 3.05) is 24.5 Å². The molecule has 3 aromatic rings. The zero-order valence-electron chi connectivity index (χ0n) is 17.9. The molecule has 1 saturated heterocycles. The van der Waals surface area contributed by atoms with Gasteiger partial charge in [0.15, 0.2) is 11.5 Å². The van der Waals surface area contributed by atoms with E-state index in [1.807, 2.05) is 23.1 Å². The van der Waals surface area contributed by atoms with Gasteiger partial charge in [-0.05, 0) is 66.9 Å². The predicted molar refractivity (Wildman–Crippen MR) is 124 cm³/mol. The van der Waals surface area contributed by atoms with Crippen LogP contribution in [0.15, 0.2) is 77.7 Å². The van der Waals surface area contributed by atoms with Gasteiger partial charge in [-0.2, -0.15) is 0 Å². The Bertz CT molecular complexity index is 1260. The minimum Gasteiger partial charge on any atom is -0.486 e. The molecular formula is C25H24N2O5S. The molecule has 0 spiro atoms. The van der Waals surface area contributed by atoms with E-state index < -0.39 is 10.0 Å². The van der Waals surface area contributed by atoms with Crippen LogP contribution in [-0.4, -0.2) is 39.0 Å². The SMILES string of the molecule is O=C(c1ccc(NS(=O)(=O)c2ccccc2)cc1)N1CCC[C@@H]1c1ccc2c(c1)OCCO2. The maximum absolute atomic E-state index is 13.3. The molecule has 0 radical (unpaired) electrons. The molecular weight excluding hydrogens is 440 g/mol. The van der Waals surface area contributed by atoms with Gasteiger partial charge in [0.1, 0.15) is 13.2 Å². The summed E-state index contributed by atoms with van der Waals surface area (Å²) in [5.74, 6) is 1.37. The van der Waals surface area contributed by atoms with Crippen molar-refractivity contribution in [3.63, 3.8) is 0 Å². The summed E-state index contributed by atoms with van der Waals surface area (Å²) in [5, 5.41) is 0. The van der Waals surface area contributed by atoms with E-state index in [9.17, 15) is 13.2 Å². The van der Waals surface area contributed by atoms with E-state index in [1.165, 1.54) is 12.1 Å². The van der Waals surface area contributed by atoms with Gasteiger partial charge in [0, 0.05) is 17.8 Å². The molecule has 1 fully saturated rings. The number of rotatable bonds is 5. The number of carbonyl (C=O) groups excluding carboxylic acids is 1. The van der Waals surface area contributed by atoms with Crippen LogP contribution in [0.2, 0.25) is 0 Å². The van der Waals surface area contributed by atoms with Crippen LogP contribution in [0.5, 0.6) is 11.5 Å². The van der Waals surface area contributed by atoms with E-state index in [-0.39, 0.29) is 16.8 Å². The molecule has 5 rings (SSSR count). The molecule has 0 aliphatic carbocycles. The first-order valence-corrected chi connectivity index (χ1v) is 12.4. The Morgan fingerprint density at radius 3 is 2.39 bits per heavy atom. The Morgan fingerprint density at radius 1 is 0.909 bits per heavy atom. The highest BCUT2D eigenvalue weighted by Gasteiger charge is 2.31. The summed E-state index contributed by atoms with van der Waals surface area (Å²) in [6, 6.07) is 20.5. The maximum Gasteiger partial charge on any atom is 0.261 e. The van der Waals surface area contributed by atoms with Crippen LogP contribution in [0.3, 0.4) is 0 Å². The molecule has 33 heavy (non-hydrogen) atoms. The summed E-state index contributed by atoms with van der Waals surface area (Å²) in [7, 11) is -3.68. The number of fused-ring (bicyclic) bond motifs is 1. The quantitative estimate of drug-likeness (QED) is 0.611. The van der Waals surface area contributed by atoms with E-state index in [2.05, 4.69) is 4.72 Å². The van der Waals surface area contributed by atoms with Crippen molar-refractivity contribution in [2.24, 2.45) is 0 Å². The summed E-state index contributed by atoms with van der Waals surface area (Å²) in [6.07, 6.45) is 1.79. The number of hydrogen-bond donors (Lipinski definition) is 1. The van der Waals surface area contributed by atoms with E-state index in [4.69, 9.17) is 9.47 Å².